The van der Waals surface area contributed by atoms with Gasteiger partial charge in [-0.1, -0.05) is 6.08 Å². The van der Waals surface area contributed by atoms with Gasteiger partial charge in [0.2, 0.25) is 11.8 Å². The Morgan fingerprint density at radius 1 is 1.25 bits per heavy atom. The second-order valence-corrected chi connectivity index (χ2v) is 4.81. The van der Waals surface area contributed by atoms with Crippen molar-refractivity contribution >= 4 is 17.5 Å². The Morgan fingerprint density at radius 3 is 2.35 bits per heavy atom. The molecule has 0 saturated carbocycles. The molecule has 0 bridgehead atoms. The van der Waals surface area contributed by atoms with E-state index in [0.29, 0.717) is 18.0 Å². The van der Waals surface area contributed by atoms with Crippen molar-refractivity contribution in [2.75, 3.05) is 19.0 Å². The lowest BCUT2D eigenvalue weighted by molar-refractivity contribution is -0.138. The van der Waals surface area contributed by atoms with E-state index in [0.717, 1.165) is 0 Å². The van der Waals surface area contributed by atoms with Crippen molar-refractivity contribution in [2.24, 2.45) is 5.41 Å². The predicted molar refractivity (Wildman–Crippen MR) is 78.6 cm³/mol. The molecule has 2 amide bonds. The van der Waals surface area contributed by atoms with Crippen LogP contribution in [0.1, 0.15) is 13.8 Å². The number of anilines is 1. The highest BCUT2D eigenvalue weighted by atomic mass is 16.5. The van der Waals surface area contributed by atoms with Crippen molar-refractivity contribution in [3.8, 4) is 5.75 Å². The molecule has 0 atom stereocenters. The Kier molecular flexibility index (Phi) is 5.32. The summed E-state index contributed by atoms with van der Waals surface area (Å²) in [7, 11) is 1.57. The van der Waals surface area contributed by atoms with Gasteiger partial charge in [0, 0.05) is 12.2 Å². The van der Waals surface area contributed by atoms with Crippen molar-refractivity contribution in [1.29, 1.82) is 0 Å². The van der Waals surface area contributed by atoms with E-state index in [1.807, 2.05) is 0 Å². The van der Waals surface area contributed by atoms with Crippen molar-refractivity contribution < 1.29 is 14.3 Å². The molecule has 2 N–H and O–H groups in total. The Hall–Kier alpha value is -2.30. The first-order valence-electron chi connectivity index (χ1n) is 6.26. The fourth-order valence-electron chi connectivity index (χ4n) is 1.45. The number of carbonyl (C=O) groups is 2. The van der Waals surface area contributed by atoms with Crippen molar-refractivity contribution in [1.82, 2.24) is 5.32 Å². The molecule has 0 radical (unpaired) electrons. The maximum absolute atomic E-state index is 12.2. The average Bonchev–Trinajstić information content (AvgIpc) is 2.45. The number of rotatable bonds is 6. The maximum atomic E-state index is 12.2. The third kappa shape index (κ3) is 3.85. The van der Waals surface area contributed by atoms with E-state index in [1.54, 1.807) is 51.3 Å². The fraction of sp³-hybridized carbons (Fsp3) is 0.333. The van der Waals surface area contributed by atoms with E-state index in [2.05, 4.69) is 17.2 Å². The highest BCUT2D eigenvalue weighted by Gasteiger charge is 2.35. The van der Waals surface area contributed by atoms with Gasteiger partial charge in [-0.05, 0) is 38.1 Å². The Morgan fingerprint density at radius 2 is 1.85 bits per heavy atom. The van der Waals surface area contributed by atoms with Gasteiger partial charge in [0.1, 0.15) is 11.2 Å². The predicted octanol–water partition coefficient (Wildman–Crippen LogP) is 1.96. The van der Waals surface area contributed by atoms with Gasteiger partial charge >= 0.3 is 0 Å². The van der Waals surface area contributed by atoms with Crippen molar-refractivity contribution in [3.63, 3.8) is 0 Å². The summed E-state index contributed by atoms with van der Waals surface area (Å²) >= 11 is 0. The SMILES string of the molecule is C=CCNC(=O)C(C)(C)C(=O)Nc1ccc(OC)cc1. The summed E-state index contributed by atoms with van der Waals surface area (Å²) in [6.07, 6.45) is 1.56. The first-order valence-corrected chi connectivity index (χ1v) is 6.26. The standard InChI is InChI=1S/C15H20N2O3/c1-5-10-16-13(18)15(2,3)14(19)17-11-6-8-12(20-4)9-7-11/h5-9H,1,10H2,2-4H3,(H,16,18)(H,17,19). The van der Waals surface area contributed by atoms with Crippen LogP contribution in [-0.4, -0.2) is 25.5 Å². The van der Waals surface area contributed by atoms with Gasteiger partial charge in [-0.3, -0.25) is 9.59 Å². The Balaban J connectivity index is 2.72. The van der Waals surface area contributed by atoms with E-state index in [4.69, 9.17) is 4.74 Å². The molecule has 0 aliphatic carbocycles. The molecule has 0 saturated heterocycles. The normalized spacial score (nSPS) is 10.6. The molecule has 1 aromatic rings. The van der Waals surface area contributed by atoms with Gasteiger partial charge < -0.3 is 15.4 Å². The zero-order valence-corrected chi connectivity index (χ0v) is 12.0. The zero-order chi connectivity index (χ0) is 15.2. The number of ether oxygens (including phenoxy) is 1. The van der Waals surface area contributed by atoms with Gasteiger partial charge in [0.15, 0.2) is 0 Å². The van der Waals surface area contributed by atoms with Crippen LogP contribution in [0.3, 0.4) is 0 Å². The first kappa shape index (κ1) is 15.8. The summed E-state index contributed by atoms with van der Waals surface area (Å²) in [4.78, 5) is 24.1. The van der Waals surface area contributed by atoms with Crippen LogP contribution in [0.5, 0.6) is 5.75 Å². The summed E-state index contributed by atoms with van der Waals surface area (Å²) in [6, 6.07) is 6.91. The largest absolute Gasteiger partial charge is 0.497 e. The molecule has 20 heavy (non-hydrogen) atoms. The molecule has 1 aromatic carbocycles. The average molecular weight is 276 g/mol. The number of benzene rings is 1. The van der Waals surface area contributed by atoms with E-state index in [-0.39, 0.29) is 11.8 Å². The third-order valence-corrected chi connectivity index (χ3v) is 2.89. The summed E-state index contributed by atoms with van der Waals surface area (Å²) in [5.74, 6) is -0.0152. The van der Waals surface area contributed by atoms with E-state index in [9.17, 15) is 9.59 Å². The second kappa shape index (κ2) is 6.75. The van der Waals surface area contributed by atoms with Crippen LogP contribution in [0.2, 0.25) is 0 Å². The van der Waals surface area contributed by atoms with E-state index >= 15 is 0 Å². The van der Waals surface area contributed by atoms with Gasteiger partial charge in [0.05, 0.1) is 7.11 Å². The van der Waals surface area contributed by atoms with Crippen LogP contribution in [-0.2, 0) is 9.59 Å². The van der Waals surface area contributed by atoms with Crippen LogP contribution in [0, 0.1) is 5.41 Å². The lowest BCUT2D eigenvalue weighted by Crippen LogP contribution is -2.45. The van der Waals surface area contributed by atoms with Crippen LogP contribution < -0.4 is 15.4 Å². The number of hydrogen-bond acceptors (Lipinski definition) is 3. The topological polar surface area (TPSA) is 67.4 Å². The quantitative estimate of drug-likeness (QED) is 0.616. The van der Waals surface area contributed by atoms with Gasteiger partial charge in [-0.15, -0.1) is 6.58 Å². The monoisotopic (exact) mass is 276 g/mol. The fourth-order valence-corrected chi connectivity index (χ4v) is 1.45. The van der Waals surface area contributed by atoms with Gasteiger partial charge in [-0.25, -0.2) is 0 Å². The lowest BCUT2D eigenvalue weighted by Gasteiger charge is -2.22. The van der Waals surface area contributed by atoms with Gasteiger partial charge in [0.25, 0.3) is 0 Å². The number of carbonyl (C=O) groups excluding carboxylic acids is 2. The number of hydrogen-bond donors (Lipinski definition) is 2. The highest BCUT2D eigenvalue weighted by molar-refractivity contribution is 6.09. The summed E-state index contributed by atoms with van der Waals surface area (Å²) in [6.45, 7) is 7.00. The molecule has 0 aromatic heterocycles. The third-order valence-electron chi connectivity index (χ3n) is 2.89. The molecule has 0 heterocycles. The molecule has 0 fully saturated rings. The molecule has 1 rings (SSSR count). The maximum Gasteiger partial charge on any atom is 0.239 e. The Labute approximate surface area is 119 Å². The smallest absolute Gasteiger partial charge is 0.239 e. The number of amides is 2. The van der Waals surface area contributed by atoms with Crippen molar-refractivity contribution in [3.05, 3.63) is 36.9 Å². The lowest BCUT2D eigenvalue weighted by atomic mass is 9.91. The second-order valence-electron chi connectivity index (χ2n) is 4.81. The molecule has 108 valence electrons. The number of nitrogens with one attached hydrogen (secondary N) is 2. The first-order chi connectivity index (χ1) is 9.41. The van der Waals surface area contributed by atoms with Crippen LogP contribution in [0.15, 0.2) is 36.9 Å². The van der Waals surface area contributed by atoms with Gasteiger partial charge in [-0.2, -0.15) is 0 Å². The van der Waals surface area contributed by atoms with Crippen molar-refractivity contribution in [2.45, 2.75) is 13.8 Å². The molecule has 0 spiro atoms. The molecule has 5 heteroatoms. The number of methoxy groups -OCH3 is 1. The van der Waals surface area contributed by atoms with E-state index in [1.165, 1.54) is 0 Å². The van der Waals surface area contributed by atoms with Crippen LogP contribution in [0.4, 0.5) is 5.69 Å². The minimum atomic E-state index is -1.16. The molecular weight excluding hydrogens is 256 g/mol. The Bertz CT molecular complexity index is 492. The summed E-state index contributed by atoms with van der Waals surface area (Å²) in [5, 5.41) is 5.33. The molecule has 0 aliphatic rings. The van der Waals surface area contributed by atoms with Crippen LogP contribution >= 0.6 is 0 Å². The highest BCUT2D eigenvalue weighted by Crippen LogP contribution is 2.20. The minimum absolute atomic E-state index is 0.331. The minimum Gasteiger partial charge on any atom is -0.497 e. The summed E-state index contributed by atoms with van der Waals surface area (Å²) in [5.41, 5.74) is -0.552. The molecular formula is C15H20N2O3. The molecule has 5 nitrogen and oxygen atoms in total. The molecule has 0 unspecified atom stereocenters. The van der Waals surface area contributed by atoms with E-state index < -0.39 is 5.41 Å². The molecule has 0 aliphatic heterocycles. The summed E-state index contributed by atoms with van der Waals surface area (Å²) < 4.78 is 5.04. The van der Waals surface area contributed by atoms with Crippen LogP contribution in [0.25, 0.3) is 0 Å². The zero-order valence-electron chi connectivity index (χ0n) is 12.0.